The Bertz CT molecular complexity index is 730. The molecule has 0 fully saturated rings. The molecule has 0 aliphatic heterocycles. The van der Waals surface area contributed by atoms with Crippen molar-refractivity contribution in [3.05, 3.63) is 59.7 Å². The number of benzene rings is 2. The van der Waals surface area contributed by atoms with Crippen LogP contribution in [-0.4, -0.2) is 36.4 Å². The Kier molecular flexibility index (Phi) is 4.48. The van der Waals surface area contributed by atoms with E-state index in [0.29, 0.717) is 0 Å². The first-order valence-electron chi connectivity index (χ1n) is 7.65. The molecule has 1 aliphatic carbocycles. The maximum absolute atomic E-state index is 11.8. The highest BCUT2D eigenvalue weighted by Crippen LogP contribution is 2.44. The Hall–Kier alpha value is -2.86. The standard InChI is InChI=1S/C18H18N2O4/c19-16(17(21)22)9-20-18(23)24-10-15-13-7-3-1-5-11(13)12-6-2-4-8-14(12)15/h1-8,15-16H,9-10,19H2,(H,20,23)(H,21,22). The third kappa shape index (κ3) is 3.09. The number of carboxylic acid groups (broad SMARTS) is 1. The maximum Gasteiger partial charge on any atom is 0.407 e. The van der Waals surface area contributed by atoms with Gasteiger partial charge < -0.3 is 20.9 Å². The minimum Gasteiger partial charge on any atom is -0.480 e. The van der Waals surface area contributed by atoms with E-state index < -0.39 is 18.1 Å². The number of amides is 1. The van der Waals surface area contributed by atoms with E-state index in [0.717, 1.165) is 22.3 Å². The van der Waals surface area contributed by atoms with Crippen LogP contribution in [-0.2, 0) is 9.53 Å². The second kappa shape index (κ2) is 6.72. The lowest BCUT2D eigenvalue weighted by atomic mass is 9.98. The van der Waals surface area contributed by atoms with Crippen LogP contribution in [0, 0.1) is 0 Å². The molecule has 4 N–H and O–H groups in total. The van der Waals surface area contributed by atoms with Crippen LogP contribution in [0.3, 0.4) is 0 Å². The third-order valence-corrected chi connectivity index (χ3v) is 4.13. The molecule has 0 bridgehead atoms. The van der Waals surface area contributed by atoms with Gasteiger partial charge in [0.15, 0.2) is 0 Å². The molecule has 24 heavy (non-hydrogen) atoms. The highest BCUT2D eigenvalue weighted by Gasteiger charge is 2.29. The van der Waals surface area contributed by atoms with E-state index in [2.05, 4.69) is 17.4 Å². The van der Waals surface area contributed by atoms with E-state index in [-0.39, 0.29) is 19.1 Å². The van der Waals surface area contributed by atoms with Crippen LogP contribution < -0.4 is 11.1 Å². The van der Waals surface area contributed by atoms with E-state index in [1.54, 1.807) is 0 Å². The molecule has 6 nitrogen and oxygen atoms in total. The molecule has 1 atom stereocenters. The van der Waals surface area contributed by atoms with Crippen molar-refractivity contribution < 1.29 is 19.4 Å². The molecule has 2 aromatic carbocycles. The van der Waals surface area contributed by atoms with Gasteiger partial charge in [0.1, 0.15) is 12.6 Å². The molecule has 6 heteroatoms. The molecule has 1 amide bonds. The molecule has 1 unspecified atom stereocenters. The fraction of sp³-hybridized carbons (Fsp3) is 0.222. The van der Waals surface area contributed by atoms with Crippen LogP contribution in [0.15, 0.2) is 48.5 Å². The Morgan fingerprint density at radius 1 is 1.08 bits per heavy atom. The number of nitrogens with two attached hydrogens (primary N) is 1. The van der Waals surface area contributed by atoms with E-state index in [1.165, 1.54) is 0 Å². The quantitative estimate of drug-likeness (QED) is 0.779. The molecule has 0 heterocycles. The summed E-state index contributed by atoms with van der Waals surface area (Å²) in [7, 11) is 0. The van der Waals surface area contributed by atoms with Crippen molar-refractivity contribution >= 4 is 12.1 Å². The predicted molar refractivity (Wildman–Crippen MR) is 88.7 cm³/mol. The lowest BCUT2D eigenvalue weighted by Gasteiger charge is -2.15. The first kappa shape index (κ1) is 16.0. The molecule has 1 aliphatic rings. The van der Waals surface area contributed by atoms with Gasteiger partial charge in [-0.25, -0.2) is 4.79 Å². The van der Waals surface area contributed by atoms with Crippen molar-refractivity contribution in [1.29, 1.82) is 0 Å². The number of rotatable bonds is 5. The van der Waals surface area contributed by atoms with Gasteiger partial charge in [0.25, 0.3) is 0 Å². The summed E-state index contributed by atoms with van der Waals surface area (Å²) in [5, 5.41) is 11.1. The van der Waals surface area contributed by atoms with Crippen LogP contribution >= 0.6 is 0 Å². The molecular weight excluding hydrogens is 308 g/mol. The van der Waals surface area contributed by atoms with Crippen LogP contribution in [0.4, 0.5) is 4.79 Å². The van der Waals surface area contributed by atoms with E-state index in [1.807, 2.05) is 36.4 Å². The first-order valence-corrected chi connectivity index (χ1v) is 7.65. The Labute approximate surface area is 139 Å². The molecule has 0 spiro atoms. The van der Waals surface area contributed by atoms with Gasteiger partial charge >= 0.3 is 12.1 Å². The van der Waals surface area contributed by atoms with Gasteiger partial charge in [-0.1, -0.05) is 48.5 Å². The van der Waals surface area contributed by atoms with Crippen LogP contribution in [0.25, 0.3) is 11.1 Å². The van der Waals surface area contributed by atoms with E-state index >= 15 is 0 Å². The fourth-order valence-corrected chi connectivity index (χ4v) is 2.93. The number of carbonyl (C=O) groups excluding carboxylic acids is 1. The maximum atomic E-state index is 11.8. The van der Waals surface area contributed by atoms with Crippen molar-refractivity contribution in [2.45, 2.75) is 12.0 Å². The highest BCUT2D eigenvalue weighted by atomic mass is 16.5. The SMILES string of the molecule is NC(CNC(=O)OCC1c2ccccc2-c2ccccc21)C(=O)O. The topological polar surface area (TPSA) is 102 Å². The Morgan fingerprint density at radius 3 is 2.17 bits per heavy atom. The predicted octanol–water partition coefficient (Wildman–Crippen LogP) is 1.94. The molecule has 0 radical (unpaired) electrons. The summed E-state index contributed by atoms with van der Waals surface area (Å²) in [6, 6.07) is 14.9. The number of carbonyl (C=O) groups is 2. The van der Waals surface area contributed by atoms with Gasteiger partial charge in [-0.15, -0.1) is 0 Å². The number of alkyl carbamates (subject to hydrolysis) is 1. The van der Waals surface area contributed by atoms with E-state index in [4.69, 9.17) is 15.6 Å². The van der Waals surface area contributed by atoms with Crippen molar-refractivity contribution in [3.8, 4) is 11.1 Å². The summed E-state index contributed by atoms with van der Waals surface area (Å²) in [6.45, 7) is 0.00811. The molecule has 0 saturated heterocycles. The number of hydrogen-bond donors (Lipinski definition) is 3. The summed E-state index contributed by atoms with van der Waals surface area (Å²) < 4.78 is 5.27. The van der Waals surface area contributed by atoms with Gasteiger partial charge in [0, 0.05) is 12.5 Å². The molecule has 3 rings (SSSR count). The average molecular weight is 326 g/mol. The number of carboxylic acids is 1. The van der Waals surface area contributed by atoms with E-state index in [9.17, 15) is 9.59 Å². The van der Waals surface area contributed by atoms with Crippen molar-refractivity contribution in [1.82, 2.24) is 5.32 Å². The van der Waals surface area contributed by atoms with Gasteiger partial charge in [-0.3, -0.25) is 4.79 Å². The minimum atomic E-state index is -1.17. The number of ether oxygens (including phenoxy) is 1. The Morgan fingerprint density at radius 2 is 1.62 bits per heavy atom. The number of nitrogens with one attached hydrogen (secondary N) is 1. The van der Waals surface area contributed by atoms with Crippen molar-refractivity contribution in [3.63, 3.8) is 0 Å². The number of fused-ring (bicyclic) bond motifs is 3. The van der Waals surface area contributed by atoms with Crippen molar-refractivity contribution in [2.75, 3.05) is 13.2 Å². The minimum absolute atomic E-state index is 0.0312. The normalized spacial score (nSPS) is 13.7. The molecule has 124 valence electrons. The summed E-state index contributed by atoms with van der Waals surface area (Å²) in [5.41, 5.74) is 9.87. The van der Waals surface area contributed by atoms with Crippen LogP contribution in [0.5, 0.6) is 0 Å². The Balaban J connectivity index is 1.67. The number of hydrogen-bond acceptors (Lipinski definition) is 4. The molecule has 0 saturated carbocycles. The average Bonchev–Trinajstić information content (AvgIpc) is 2.92. The lowest BCUT2D eigenvalue weighted by Crippen LogP contribution is -2.42. The second-order valence-electron chi connectivity index (χ2n) is 5.65. The smallest absolute Gasteiger partial charge is 0.407 e. The lowest BCUT2D eigenvalue weighted by molar-refractivity contribution is -0.138. The fourth-order valence-electron chi connectivity index (χ4n) is 2.93. The zero-order chi connectivity index (χ0) is 17.1. The van der Waals surface area contributed by atoms with Gasteiger partial charge in [-0.05, 0) is 22.3 Å². The molecular formula is C18H18N2O4. The van der Waals surface area contributed by atoms with Gasteiger partial charge in [0.2, 0.25) is 0 Å². The molecule has 2 aromatic rings. The summed E-state index contributed by atoms with van der Waals surface area (Å²) in [4.78, 5) is 22.4. The molecule has 0 aromatic heterocycles. The summed E-state index contributed by atoms with van der Waals surface area (Å²) in [6.07, 6.45) is -0.673. The second-order valence-corrected chi connectivity index (χ2v) is 5.65. The third-order valence-electron chi connectivity index (χ3n) is 4.13. The largest absolute Gasteiger partial charge is 0.480 e. The highest BCUT2D eigenvalue weighted by molar-refractivity contribution is 5.79. The monoisotopic (exact) mass is 326 g/mol. The van der Waals surface area contributed by atoms with Gasteiger partial charge in [-0.2, -0.15) is 0 Å². The van der Waals surface area contributed by atoms with Gasteiger partial charge in [0.05, 0.1) is 0 Å². The summed E-state index contributed by atoms with van der Waals surface area (Å²) >= 11 is 0. The van der Waals surface area contributed by atoms with Crippen LogP contribution in [0.2, 0.25) is 0 Å². The number of aliphatic carboxylic acids is 1. The zero-order valence-corrected chi connectivity index (χ0v) is 12.9. The summed E-state index contributed by atoms with van der Waals surface area (Å²) in [5.74, 6) is -1.20. The van der Waals surface area contributed by atoms with Crippen molar-refractivity contribution in [2.24, 2.45) is 5.73 Å². The van der Waals surface area contributed by atoms with Crippen LogP contribution in [0.1, 0.15) is 17.0 Å². The zero-order valence-electron chi connectivity index (χ0n) is 12.9. The first-order chi connectivity index (χ1) is 11.6.